The molecule has 1 heteroatoms. The Kier molecular flexibility index (Phi) is 3.66. The molecule has 0 amide bonds. The minimum Gasteiger partial charge on any atom is -0.355 e. The molecule has 0 bridgehead atoms. The van der Waals surface area contributed by atoms with Crippen molar-refractivity contribution in [3.05, 3.63) is 57.6 Å². The molecule has 2 aromatic rings. The van der Waals surface area contributed by atoms with E-state index in [1.807, 2.05) is 0 Å². The maximum Gasteiger partial charge on any atom is 0.0449 e. The molecular weight excluding hydrogens is 230 g/mol. The summed E-state index contributed by atoms with van der Waals surface area (Å²) in [5.74, 6) is 0. The van der Waals surface area contributed by atoms with Gasteiger partial charge in [-0.05, 0) is 81.5 Å². The van der Waals surface area contributed by atoms with Crippen LogP contribution in [-0.2, 0) is 0 Å². The van der Waals surface area contributed by atoms with Crippen LogP contribution in [0.25, 0.3) is 0 Å². The van der Waals surface area contributed by atoms with Crippen LogP contribution in [0, 0.1) is 41.5 Å². The van der Waals surface area contributed by atoms with E-state index in [0.717, 1.165) is 5.69 Å². The molecule has 0 saturated heterocycles. The third kappa shape index (κ3) is 2.51. The fraction of sp³-hybridized carbons (Fsp3) is 0.333. The molecule has 1 nitrogen and oxygen atoms in total. The smallest absolute Gasteiger partial charge is 0.0449 e. The molecule has 0 aliphatic carbocycles. The van der Waals surface area contributed by atoms with Crippen molar-refractivity contribution >= 4 is 11.4 Å². The number of benzene rings is 2. The third-order valence-electron chi connectivity index (χ3n) is 4.32. The maximum atomic E-state index is 3.58. The molecule has 2 rings (SSSR count). The number of anilines is 2. The molecule has 2 aromatic carbocycles. The molecule has 0 aliphatic rings. The minimum absolute atomic E-state index is 1.15. The number of nitrogens with one attached hydrogen (secondary N) is 1. The third-order valence-corrected chi connectivity index (χ3v) is 4.32. The van der Waals surface area contributed by atoms with Crippen LogP contribution in [0.4, 0.5) is 11.4 Å². The monoisotopic (exact) mass is 253 g/mol. The molecule has 100 valence electrons. The number of hydrogen-bond donors (Lipinski definition) is 1. The fourth-order valence-electron chi connectivity index (χ4n) is 2.47. The lowest BCUT2D eigenvalue weighted by Crippen LogP contribution is -2.03. The zero-order valence-corrected chi connectivity index (χ0v) is 12.8. The van der Waals surface area contributed by atoms with Crippen LogP contribution in [-0.4, -0.2) is 0 Å². The first kappa shape index (κ1) is 13.7. The van der Waals surface area contributed by atoms with Crippen LogP contribution in [0.5, 0.6) is 0 Å². The molecule has 0 aromatic heterocycles. The molecule has 0 aliphatic heterocycles. The van der Waals surface area contributed by atoms with Crippen molar-refractivity contribution in [1.29, 1.82) is 0 Å². The summed E-state index contributed by atoms with van der Waals surface area (Å²) in [4.78, 5) is 0. The van der Waals surface area contributed by atoms with Crippen molar-refractivity contribution in [3.63, 3.8) is 0 Å². The maximum absolute atomic E-state index is 3.58. The molecular formula is C18H23N. The lowest BCUT2D eigenvalue weighted by atomic mass is 9.93. The second kappa shape index (κ2) is 5.08. The van der Waals surface area contributed by atoms with Gasteiger partial charge in [0.1, 0.15) is 0 Å². The van der Waals surface area contributed by atoms with Gasteiger partial charge in [0.25, 0.3) is 0 Å². The number of aryl methyl sites for hydroxylation is 1. The van der Waals surface area contributed by atoms with Crippen LogP contribution in [0.15, 0.2) is 24.3 Å². The lowest BCUT2D eigenvalue weighted by Gasteiger charge is -2.20. The van der Waals surface area contributed by atoms with E-state index < -0.39 is 0 Å². The van der Waals surface area contributed by atoms with Crippen molar-refractivity contribution < 1.29 is 0 Å². The molecule has 0 radical (unpaired) electrons. The second-order valence-electron chi connectivity index (χ2n) is 5.49. The highest BCUT2D eigenvalue weighted by Gasteiger charge is 2.12. The average molecular weight is 253 g/mol. The van der Waals surface area contributed by atoms with Crippen LogP contribution in [0.3, 0.4) is 0 Å². The SMILES string of the molecule is Cc1ccc(Nc2c(C)c(C)c(C)c(C)c2C)cc1. The molecule has 0 spiro atoms. The van der Waals surface area contributed by atoms with E-state index in [9.17, 15) is 0 Å². The van der Waals surface area contributed by atoms with Gasteiger partial charge in [-0.1, -0.05) is 17.7 Å². The average Bonchev–Trinajstić information content (AvgIpc) is 2.41. The summed E-state index contributed by atoms with van der Waals surface area (Å²) in [7, 11) is 0. The first-order chi connectivity index (χ1) is 8.91. The van der Waals surface area contributed by atoms with E-state index in [4.69, 9.17) is 0 Å². The van der Waals surface area contributed by atoms with E-state index in [1.165, 1.54) is 39.1 Å². The number of hydrogen-bond acceptors (Lipinski definition) is 1. The summed E-state index contributed by atoms with van der Waals surface area (Å²) >= 11 is 0. The second-order valence-corrected chi connectivity index (χ2v) is 5.49. The summed E-state index contributed by atoms with van der Waals surface area (Å²) < 4.78 is 0. The molecule has 0 saturated carbocycles. The van der Waals surface area contributed by atoms with Gasteiger partial charge in [0.15, 0.2) is 0 Å². The first-order valence-corrected chi connectivity index (χ1v) is 6.82. The minimum atomic E-state index is 1.15. The summed E-state index contributed by atoms with van der Waals surface area (Å²) in [5, 5.41) is 3.58. The van der Waals surface area contributed by atoms with Gasteiger partial charge in [-0.2, -0.15) is 0 Å². The highest BCUT2D eigenvalue weighted by Crippen LogP contribution is 2.32. The normalized spacial score (nSPS) is 10.6. The lowest BCUT2D eigenvalue weighted by molar-refractivity contribution is 1.17. The van der Waals surface area contributed by atoms with Gasteiger partial charge in [0.2, 0.25) is 0 Å². The summed E-state index contributed by atoms with van der Waals surface area (Å²) in [6.45, 7) is 13.1. The Balaban J connectivity index is 2.48. The predicted molar refractivity (Wildman–Crippen MR) is 84.6 cm³/mol. The van der Waals surface area contributed by atoms with E-state index in [2.05, 4.69) is 71.1 Å². The Hall–Kier alpha value is -1.76. The van der Waals surface area contributed by atoms with Gasteiger partial charge in [0, 0.05) is 11.4 Å². The highest BCUT2D eigenvalue weighted by atomic mass is 14.9. The van der Waals surface area contributed by atoms with Gasteiger partial charge >= 0.3 is 0 Å². The van der Waals surface area contributed by atoms with E-state index in [0.29, 0.717) is 0 Å². The summed E-state index contributed by atoms with van der Waals surface area (Å²) in [5.41, 5.74) is 10.6. The zero-order valence-electron chi connectivity index (χ0n) is 12.8. The molecule has 0 fully saturated rings. The summed E-state index contributed by atoms with van der Waals surface area (Å²) in [6, 6.07) is 8.55. The molecule has 0 atom stereocenters. The van der Waals surface area contributed by atoms with Crippen molar-refractivity contribution in [2.24, 2.45) is 0 Å². The van der Waals surface area contributed by atoms with Crippen LogP contribution in [0.1, 0.15) is 33.4 Å². The number of rotatable bonds is 2. The predicted octanol–water partition coefficient (Wildman–Crippen LogP) is 5.28. The van der Waals surface area contributed by atoms with Crippen LogP contribution < -0.4 is 5.32 Å². The fourth-order valence-corrected chi connectivity index (χ4v) is 2.47. The van der Waals surface area contributed by atoms with Crippen molar-refractivity contribution in [3.8, 4) is 0 Å². The van der Waals surface area contributed by atoms with Crippen molar-refractivity contribution in [2.45, 2.75) is 41.5 Å². The van der Waals surface area contributed by atoms with E-state index in [1.54, 1.807) is 0 Å². The van der Waals surface area contributed by atoms with Gasteiger partial charge < -0.3 is 5.32 Å². The van der Waals surface area contributed by atoms with E-state index in [-0.39, 0.29) is 0 Å². The van der Waals surface area contributed by atoms with Gasteiger partial charge in [-0.3, -0.25) is 0 Å². The molecule has 0 unspecified atom stereocenters. The van der Waals surface area contributed by atoms with E-state index >= 15 is 0 Å². The van der Waals surface area contributed by atoms with Crippen LogP contribution in [0.2, 0.25) is 0 Å². The zero-order chi connectivity index (χ0) is 14.2. The van der Waals surface area contributed by atoms with Crippen molar-refractivity contribution in [1.82, 2.24) is 0 Å². The van der Waals surface area contributed by atoms with Gasteiger partial charge in [0.05, 0.1) is 0 Å². The van der Waals surface area contributed by atoms with Gasteiger partial charge in [-0.15, -0.1) is 0 Å². The Morgan fingerprint density at radius 1 is 0.579 bits per heavy atom. The van der Waals surface area contributed by atoms with Crippen molar-refractivity contribution in [2.75, 3.05) is 5.32 Å². The van der Waals surface area contributed by atoms with Crippen LogP contribution >= 0.6 is 0 Å². The first-order valence-electron chi connectivity index (χ1n) is 6.82. The summed E-state index contributed by atoms with van der Waals surface area (Å²) in [6.07, 6.45) is 0. The molecule has 19 heavy (non-hydrogen) atoms. The largest absolute Gasteiger partial charge is 0.355 e. The standard InChI is InChI=1S/C18H23N/c1-11-7-9-17(10-8-11)19-18-15(5)13(3)12(2)14(4)16(18)6/h7-10,19H,1-6H3. The Bertz CT molecular complexity index is 578. The van der Waals surface area contributed by atoms with Gasteiger partial charge in [-0.25, -0.2) is 0 Å². The Morgan fingerprint density at radius 3 is 1.47 bits per heavy atom. The quantitative estimate of drug-likeness (QED) is 0.767. The Morgan fingerprint density at radius 2 is 1.00 bits per heavy atom. The highest BCUT2D eigenvalue weighted by molar-refractivity contribution is 5.71. The molecule has 1 N–H and O–H groups in total. The molecule has 0 heterocycles. The topological polar surface area (TPSA) is 12.0 Å². The Labute approximate surface area is 116 Å².